The maximum Gasteiger partial charge on any atom is 0.270 e. The molecule has 0 aliphatic carbocycles. The Balaban J connectivity index is 1.53. The summed E-state index contributed by atoms with van der Waals surface area (Å²) < 4.78 is 5.36. The molecule has 184 valence electrons. The maximum atomic E-state index is 13.1. The number of halogens is 1. The van der Waals surface area contributed by atoms with Gasteiger partial charge in [0.2, 0.25) is 0 Å². The first-order valence-electron chi connectivity index (χ1n) is 11.1. The third-order valence-electron chi connectivity index (χ3n) is 5.82. The lowest BCUT2D eigenvalue weighted by Gasteiger charge is -2.35. The molecule has 3 aromatic rings. The lowest BCUT2D eigenvalue weighted by Crippen LogP contribution is -2.43. The second-order valence-electron chi connectivity index (χ2n) is 9.08. The van der Waals surface area contributed by atoms with E-state index in [2.05, 4.69) is 24.5 Å². The van der Waals surface area contributed by atoms with Gasteiger partial charge in [0.05, 0.1) is 22.6 Å². The number of fused-ring (bicyclic) bond motifs is 1. The molecule has 3 aromatic carbocycles. The van der Waals surface area contributed by atoms with Crippen molar-refractivity contribution in [3.05, 3.63) is 104 Å². The zero-order valence-corrected chi connectivity index (χ0v) is 20.7. The van der Waals surface area contributed by atoms with E-state index in [-0.39, 0.29) is 27.6 Å². The number of ether oxygens (including phenoxy) is 1. The Labute approximate surface area is 213 Å². The Morgan fingerprint density at radius 3 is 2.47 bits per heavy atom. The highest BCUT2D eigenvalue weighted by Crippen LogP contribution is 2.32. The summed E-state index contributed by atoms with van der Waals surface area (Å²) in [6, 6.07) is 15.9. The second kappa shape index (κ2) is 9.83. The standard InChI is InChI=1S/C27H24ClN3O5/c1-27(2)15-17-6-10-20(36-3)13-22(17)24(30-27)14-25(32)16-4-7-18(8-5-16)29-26(33)21-11-9-19(31(34)35)12-23(21)28/h4-14,30H,15H2,1-3H3,(H,29,33)/b24-14-. The molecule has 0 atom stereocenters. The molecule has 4 rings (SSSR count). The number of nitrogens with one attached hydrogen (secondary N) is 2. The number of ketones is 1. The van der Waals surface area contributed by atoms with Gasteiger partial charge in [0.25, 0.3) is 11.6 Å². The van der Waals surface area contributed by atoms with Gasteiger partial charge in [0.15, 0.2) is 5.78 Å². The number of allylic oxidation sites excluding steroid dienone is 1. The molecule has 1 aliphatic heterocycles. The molecular weight excluding hydrogens is 482 g/mol. The monoisotopic (exact) mass is 505 g/mol. The molecule has 2 N–H and O–H groups in total. The topological polar surface area (TPSA) is 111 Å². The van der Waals surface area contributed by atoms with Crippen molar-refractivity contribution in [2.24, 2.45) is 0 Å². The summed E-state index contributed by atoms with van der Waals surface area (Å²) in [6.07, 6.45) is 2.38. The number of benzene rings is 3. The number of non-ortho nitro benzene ring substituents is 1. The Hall–Kier alpha value is -4.17. The lowest BCUT2D eigenvalue weighted by molar-refractivity contribution is -0.384. The number of nitrogens with zero attached hydrogens (tertiary/aromatic N) is 1. The minimum atomic E-state index is -0.586. The Bertz CT molecular complexity index is 1400. The highest BCUT2D eigenvalue weighted by molar-refractivity contribution is 6.34. The molecule has 1 heterocycles. The maximum absolute atomic E-state index is 13.1. The van der Waals surface area contributed by atoms with E-state index in [0.717, 1.165) is 29.3 Å². The fourth-order valence-electron chi connectivity index (χ4n) is 4.09. The first-order valence-corrected chi connectivity index (χ1v) is 11.5. The zero-order valence-electron chi connectivity index (χ0n) is 19.9. The van der Waals surface area contributed by atoms with Crippen molar-refractivity contribution >= 4 is 40.4 Å². The van der Waals surface area contributed by atoms with Crippen LogP contribution in [0, 0.1) is 10.1 Å². The van der Waals surface area contributed by atoms with E-state index in [1.165, 1.54) is 12.1 Å². The summed E-state index contributed by atoms with van der Waals surface area (Å²) in [5.41, 5.74) is 3.34. The van der Waals surface area contributed by atoms with Crippen LogP contribution in [0.4, 0.5) is 11.4 Å². The van der Waals surface area contributed by atoms with Gasteiger partial charge in [0.1, 0.15) is 5.75 Å². The largest absolute Gasteiger partial charge is 0.497 e. The first kappa shape index (κ1) is 24.9. The molecule has 0 radical (unpaired) electrons. The average molecular weight is 506 g/mol. The van der Waals surface area contributed by atoms with Crippen LogP contribution in [0.1, 0.15) is 45.7 Å². The second-order valence-corrected chi connectivity index (χ2v) is 9.49. The van der Waals surface area contributed by atoms with Crippen LogP contribution in [-0.2, 0) is 6.42 Å². The molecule has 0 spiro atoms. The van der Waals surface area contributed by atoms with E-state index in [0.29, 0.717) is 17.0 Å². The van der Waals surface area contributed by atoms with Crippen LogP contribution in [0.15, 0.2) is 66.7 Å². The predicted octanol–water partition coefficient (Wildman–Crippen LogP) is 5.66. The predicted molar refractivity (Wildman–Crippen MR) is 139 cm³/mol. The molecule has 36 heavy (non-hydrogen) atoms. The zero-order chi connectivity index (χ0) is 26.0. The summed E-state index contributed by atoms with van der Waals surface area (Å²) in [4.78, 5) is 35.9. The van der Waals surface area contributed by atoms with Crippen molar-refractivity contribution in [1.82, 2.24) is 5.32 Å². The molecule has 9 heteroatoms. The SMILES string of the molecule is COc1ccc2c(c1)/C(=C/C(=O)c1ccc(NC(=O)c3ccc([N+](=O)[O-])cc3Cl)cc1)NC(C)(C)C2. The van der Waals surface area contributed by atoms with Gasteiger partial charge in [-0.3, -0.25) is 19.7 Å². The van der Waals surface area contributed by atoms with E-state index >= 15 is 0 Å². The minimum absolute atomic E-state index is 0.0278. The molecule has 1 amide bonds. The van der Waals surface area contributed by atoms with Crippen molar-refractivity contribution in [2.75, 3.05) is 12.4 Å². The van der Waals surface area contributed by atoms with Crippen LogP contribution < -0.4 is 15.4 Å². The van der Waals surface area contributed by atoms with Gasteiger partial charge in [-0.2, -0.15) is 0 Å². The third kappa shape index (κ3) is 5.39. The number of hydrogen-bond acceptors (Lipinski definition) is 6. The van der Waals surface area contributed by atoms with Crippen molar-refractivity contribution in [2.45, 2.75) is 25.8 Å². The number of amides is 1. The highest BCUT2D eigenvalue weighted by atomic mass is 35.5. The van der Waals surface area contributed by atoms with Gasteiger partial charge in [0, 0.05) is 46.3 Å². The fourth-order valence-corrected chi connectivity index (χ4v) is 4.35. The van der Waals surface area contributed by atoms with E-state index in [1.807, 2.05) is 18.2 Å². The summed E-state index contributed by atoms with van der Waals surface area (Å²) in [7, 11) is 1.60. The van der Waals surface area contributed by atoms with Crippen molar-refractivity contribution in [3.8, 4) is 5.75 Å². The molecule has 0 aromatic heterocycles. The van der Waals surface area contributed by atoms with Crippen LogP contribution in [0.5, 0.6) is 5.75 Å². The number of carbonyl (C=O) groups excluding carboxylic acids is 2. The molecule has 0 unspecified atom stereocenters. The van der Waals surface area contributed by atoms with Gasteiger partial charge in [-0.05, 0) is 68.3 Å². The molecule has 0 saturated carbocycles. The normalized spacial score (nSPS) is 14.9. The number of methoxy groups -OCH3 is 1. The van der Waals surface area contributed by atoms with Crippen LogP contribution in [-0.4, -0.2) is 29.3 Å². The number of nitro groups is 1. The van der Waals surface area contributed by atoms with Crippen LogP contribution in [0.2, 0.25) is 5.02 Å². The number of carbonyl (C=O) groups is 2. The molecule has 0 saturated heterocycles. The number of hydrogen-bond donors (Lipinski definition) is 2. The lowest BCUT2D eigenvalue weighted by atomic mass is 9.85. The summed E-state index contributed by atoms with van der Waals surface area (Å²) in [5, 5.41) is 17.0. The molecule has 1 aliphatic rings. The first-order chi connectivity index (χ1) is 17.1. The summed E-state index contributed by atoms with van der Waals surface area (Å²) in [6.45, 7) is 4.15. The van der Waals surface area contributed by atoms with Crippen molar-refractivity contribution in [3.63, 3.8) is 0 Å². The van der Waals surface area contributed by atoms with E-state index in [4.69, 9.17) is 16.3 Å². The number of anilines is 1. The third-order valence-corrected chi connectivity index (χ3v) is 6.14. The highest BCUT2D eigenvalue weighted by Gasteiger charge is 2.28. The van der Waals surface area contributed by atoms with E-state index < -0.39 is 10.8 Å². The number of nitro benzene ring substituents is 1. The fraction of sp³-hybridized carbons (Fsp3) is 0.185. The molecular formula is C27H24ClN3O5. The molecule has 8 nitrogen and oxygen atoms in total. The Kier molecular flexibility index (Phi) is 6.81. The molecule has 0 bridgehead atoms. The van der Waals surface area contributed by atoms with Crippen LogP contribution in [0.3, 0.4) is 0 Å². The van der Waals surface area contributed by atoms with E-state index in [1.54, 1.807) is 37.5 Å². The van der Waals surface area contributed by atoms with Gasteiger partial charge in [-0.1, -0.05) is 17.7 Å². The minimum Gasteiger partial charge on any atom is -0.497 e. The smallest absolute Gasteiger partial charge is 0.270 e. The summed E-state index contributed by atoms with van der Waals surface area (Å²) in [5.74, 6) is -0.00244. The summed E-state index contributed by atoms with van der Waals surface area (Å²) >= 11 is 6.04. The van der Waals surface area contributed by atoms with Gasteiger partial charge < -0.3 is 15.4 Å². The van der Waals surface area contributed by atoms with Crippen molar-refractivity contribution < 1.29 is 19.2 Å². The Morgan fingerprint density at radius 2 is 1.83 bits per heavy atom. The van der Waals surface area contributed by atoms with Gasteiger partial charge >= 0.3 is 0 Å². The van der Waals surface area contributed by atoms with Gasteiger partial charge in [-0.15, -0.1) is 0 Å². The van der Waals surface area contributed by atoms with Crippen LogP contribution >= 0.6 is 11.6 Å². The number of rotatable bonds is 6. The van der Waals surface area contributed by atoms with Crippen molar-refractivity contribution in [1.29, 1.82) is 0 Å². The van der Waals surface area contributed by atoms with E-state index in [9.17, 15) is 19.7 Å². The molecule has 0 fully saturated rings. The Morgan fingerprint density at radius 1 is 1.11 bits per heavy atom. The average Bonchev–Trinajstić information content (AvgIpc) is 2.83. The quantitative estimate of drug-likeness (QED) is 0.194. The van der Waals surface area contributed by atoms with Crippen LogP contribution in [0.25, 0.3) is 5.70 Å². The van der Waals surface area contributed by atoms with Gasteiger partial charge in [-0.25, -0.2) is 0 Å².